The molecule has 0 aliphatic carbocycles. The largest absolute Gasteiger partial charge is 0.337 e. The predicted octanol–water partition coefficient (Wildman–Crippen LogP) is 5.20. The Balaban J connectivity index is 1.51. The molecule has 2 heterocycles. The summed E-state index contributed by atoms with van der Waals surface area (Å²) in [5.41, 5.74) is 5.14. The van der Waals surface area contributed by atoms with Crippen molar-refractivity contribution < 1.29 is 0 Å². The molecule has 144 valence electrons. The van der Waals surface area contributed by atoms with Gasteiger partial charge in [0, 0.05) is 43.0 Å². The van der Waals surface area contributed by atoms with Crippen molar-refractivity contribution in [3.05, 3.63) is 96.1 Å². The van der Waals surface area contributed by atoms with E-state index in [0.29, 0.717) is 0 Å². The molecule has 0 N–H and O–H groups in total. The van der Waals surface area contributed by atoms with Gasteiger partial charge in [-0.2, -0.15) is 0 Å². The average molecular weight is 380 g/mol. The van der Waals surface area contributed by atoms with Crippen LogP contribution in [0.2, 0.25) is 0 Å². The highest BCUT2D eigenvalue weighted by Crippen LogP contribution is 2.41. The molecule has 0 bridgehead atoms. The minimum atomic E-state index is 0.794. The molecular weight excluding hydrogens is 356 g/mol. The number of benzene rings is 3. The molecule has 4 heteroatoms. The molecule has 0 radical (unpaired) electrons. The van der Waals surface area contributed by atoms with Gasteiger partial charge < -0.3 is 9.47 Å². The van der Waals surface area contributed by atoms with Crippen LogP contribution in [0, 0.1) is 6.92 Å². The molecule has 0 spiro atoms. The van der Waals surface area contributed by atoms with Crippen LogP contribution >= 0.6 is 0 Å². The van der Waals surface area contributed by atoms with Crippen LogP contribution < -0.4 is 4.90 Å². The van der Waals surface area contributed by atoms with Crippen molar-refractivity contribution in [3.8, 4) is 0 Å². The SMILES string of the molecule is Cc1ccc2cccc3c2c1N(Cc1ccccc1)C3=NCCCn1ccnc1. The number of aromatic nitrogens is 2. The van der Waals surface area contributed by atoms with E-state index in [4.69, 9.17) is 4.99 Å². The van der Waals surface area contributed by atoms with E-state index in [1.165, 1.54) is 33.2 Å². The van der Waals surface area contributed by atoms with E-state index in [1.807, 2.05) is 18.7 Å². The third-order valence-corrected chi connectivity index (χ3v) is 5.57. The Morgan fingerprint density at radius 2 is 1.86 bits per heavy atom. The number of hydrogen-bond donors (Lipinski definition) is 0. The zero-order valence-electron chi connectivity index (χ0n) is 16.6. The van der Waals surface area contributed by atoms with E-state index in [-0.39, 0.29) is 0 Å². The third kappa shape index (κ3) is 3.31. The van der Waals surface area contributed by atoms with Crippen molar-refractivity contribution in [1.29, 1.82) is 0 Å². The molecule has 0 atom stereocenters. The second-order valence-electron chi connectivity index (χ2n) is 7.57. The normalized spacial score (nSPS) is 14.2. The quantitative estimate of drug-likeness (QED) is 0.431. The number of aryl methyl sites for hydroxylation is 2. The maximum absolute atomic E-state index is 5.09. The predicted molar refractivity (Wildman–Crippen MR) is 120 cm³/mol. The van der Waals surface area contributed by atoms with Crippen LogP contribution in [0.5, 0.6) is 0 Å². The van der Waals surface area contributed by atoms with Crippen molar-refractivity contribution in [2.24, 2.45) is 4.99 Å². The maximum Gasteiger partial charge on any atom is 0.136 e. The smallest absolute Gasteiger partial charge is 0.136 e. The van der Waals surface area contributed by atoms with Crippen molar-refractivity contribution in [2.45, 2.75) is 26.4 Å². The fraction of sp³-hybridized carbons (Fsp3) is 0.200. The first kappa shape index (κ1) is 17.7. The lowest BCUT2D eigenvalue weighted by Gasteiger charge is -2.23. The summed E-state index contributed by atoms with van der Waals surface area (Å²) in [5, 5.41) is 2.61. The molecule has 5 rings (SSSR count). The van der Waals surface area contributed by atoms with Gasteiger partial charge in [0.1, 0.15) is 5.84 Å². The minimum absolute atomic E-state index is 0.794. The van der Waals surface area contributed by atoms with Crippen LogP contribution in [-0.4, -0.2) is 21.9 Å². The van der Waals surface area contributed by atoms with Gasteiger partial charge in [0.2, 0.25) is 0 Å². The molecule has 4 nitrogen and oxygen atoms in total. The standard InChI is InChI=1S/C25H24N4/c1-19-11-12-21-9-5-10-22-23(21)24(19)29(17-20-7-3-2-4-8-20)25(22)27-13-6-15-28-16-14-26-18-28/h2-5,7-12,14,16,18H,6,13,15,17H2,1H3. The average Bonchev–Trinajstić information content (AvgIpc) is 3.37. The molecule has 0 amide bonds. The fourth-order valence-electron chi connectivity index (χ4n) is 4.20. The zero-order chi connectivity index (χ0) is 19.6. The molecule has 1 aromatic heterocycles. The summed E-state index contributed by atoms with van der Waals surface area (Å²) in [4.78, 5) is 11.6. The van der Waals surface area contributed by atoms with Crippen LogP contribution in [0.15, 0.2) is 84.4 Å². The van der Waals surface area contributed by atoms with Crippen molar-refractivity contribution >= 4 is 22.3 Å². The number of nitrogens with zero attached hydrogens (tertiary/aromatic N) is 4. The highest BCUT2D eigenvalue weighted by Gasteiger charge is 2.29. The summed E-state index contributed by atoms with van der Waals surface area (Å²) in [5.74, 6) is 1.09. The van der Waals surface area contributed by atoms with Gasteiger partial charge >= 0.3 is 0 Å². The molecule has 0 saturated heterocycles. The Morgan fingerprint density at radius 1 is 0.966 bits per heavy atom. The second kappa shape index (κ2) is 7.55. The van der Waals surface area contributed by atoms with Gasteiger partial charge in [0.15, 0.2) is 0 Å². The fourth-order valence-corrected chi connectivity index (χ4v) is 4.20. The summed E-state index contributed by atoms with van der Waals surface area (Å²) in [6, 6.07) is 21.7. The molecule has 3 aromatic carbocycles. The van der Waals surface area contributed by atoms with E-state index in [0.717, 1.165) is 31.9 Å². The molecule has 0 unspecified atom stereocenters. The first-order chi connectivity index (χ1) is 14.3. The van der Waals surface area contributed by atoms with Gasteiger partial charge in [0.25, 0.3) is 0 Å². The summed E-state index contributed by atoms with van der Waals surface area (Å²) >= 11 is 0. The Bertz CT molecular complexity index is 1160. The van der Waals surface area contributed by atoms with Gasteiger partial charge in [-0.25, -0.2) is 4.98 Å². The monoisotopic (exact) mass is 380 g/mol. The van der Waals surface area contributed by atoms with Crippen molar-refractivity contribution in [1.82, 2.24) is 9.55 Å². The molecule has 1 aliphatic rings. The van der Waals surface area contributed by atoms with E-state index in [1.54, 1.807) is 0 Å². The first-order valence-electron chi connectivity index (χ1n) is 10.2. The number of anilines is 1. The summed E-state index contributed by atoms with van der Waals surface area (Å²) in [7, 11) is 0. The lowest BCUT2D eigenvalue weighted by atomic mass is 10.0. The molecule has 0 fully saturated rings. The molecule has 4 aromatic rings. The van der Waals surface area contributed by atoms with Crippen molar-refractivity contribution in [2.75, 3.05) is 11.4 Å². The van der Waals surface area contributed by atoms with Gasteiger partial charge in [-0.3, -0.25) is 4.99 Å². The molecule has 0 saturated carbocycles. The zero-order valence-corrected chi connectivity index (χ0v) is 16.6. The maximum atomic E-state index is 5.09. The van der Waals surface area contributed by atoms with Gasteiger partial charge in [-0.15, -0.1) is 0 Å². The topological polar surface area (TPSA) is 33.4 Å². The summed E-state index contributed by atoms with van der Waals surface area (Å²) in [6.45, 7) is 4.76. The van der Waals surface area contributed by atoms with E-state index >= 15 is 0 Å². The Labute approximate surface area is 171 Å². The van der Waals surface area contributed by atoms with E-state index < -0.39 is 0 Å². The molecular formula is C25H24N4. The Hall–Kier alpha value is -3.40. The van der Waals surface area contributed by atoms with Crippen LogP contribution in [0.4, 0.5) is 5.69 Å². The highest BCUT2D eigenvalue weighted by molar-refractivity contribution is 6.27. The van der Waals surface area contributed by atoms with Gasteiger partial charge in [-0.05, 0) is 29.9 Å². The van der Waals surface area contributed by atoms with Crippen LogP contribution in [0.1, 0.15) is 23.1 Å². The molecule has 29 heavy (non-hydrogen) atoms. The Kier molecular flexibility index (Phi) is 4.60. The van der Waals surface area contributed by atoms with Crippen molar-refractivity contribution in [3.63, 3.8) is 0 Å². The highest BCUT2D eigenvalue weighted by atomic mass is 15.2. The molecule has 1 aliphatic heterocycles. The number of hydrogen-bond acceptors (Lipinski definition) is 2. The number of imidazole rings is 1. The summed E-state index contributed by atoms with van der Waals surface area (Å²) < 4.78 is 2.11. The van der Waals surface area contributed by atoms with Crippen LogP contribution in [-0.2, 0) is 13.1 Å². The van der Waals surface area contributed by atoms with Crippen LogP contribution in [0.25, 0.3) is 10.8 Å². The van der Waals surface area contributed by atoms with Gasteiger partial charge in [0.05, 0.1) is 12.0 Å². The Morgan fingerprint density at radius 3 is 2.69 bits per heavy atom. The summed E-state index contributed by atoms with van der Waals surface area (Å²) in [6.07, 6.45) is 6.68. The number of aliphatic imine (C=N–C) groups is 1. The third-order valence-electron chi connectivity index (χ3n) is 5.57. The first-order valence-corrected chi connectivity index (χ1v) is 10.2. The minimum Gasteiger partial charge on any atom is -0.337 e. The second-order valence-corrected chi connectivity index (χ2v) is 7.57. The van der Waals surface area contributed by atoms with E-state index in [2.05, 4.69) is 82.0 Å². The lowest BCUT2D eigenvalue weighted by molar-refractivity contribution is 0.650. The van der Waals surface area contributed by atoms with E-state index in [9.17, 15) is 0 Å². The lowest BCUT2D eigenvalue weighted by Crippen LogP contribution is -2.28. The number of amidine groups is 1. The van der Waals surface area contributed by atoms with Crippen LogP contribution in [0.3, 0.4) is 0 Å². The number of rotatable bonds is 6. The van der Waals surface area contributed by atoms with Gasteiger partial charge in [-0.1, -0.05) is 60.7 Å².